The third kappa shape index (κ3) is 5.88. The van der Waals surface area contributed by atoms with Crippen molar-refractivity contribution in [2.75, 3.05) is 0 Å². The number of carbonyl (C=O) groups excluding carboxylic acids is 1. The lowest BCUT2D eigenvalue weighted by molar-refractivity contribution is -0.120. The maximum absolute atomic E-state index is 12.0. The molecule has 0 spiro atoms. The van der Waals surface area contributed by atoms with Gasteiger partial charge in [-0.2, -0.15) is 0 Å². The molecule has 3 aromatic rings. The lowest BCUT2D eigenvalue weighted by Crippen LogP contribution is -2.24. The summed E-state index contributed by atoms with van der Waals surface area (Å²) >= 11 is 9.13. The van der Waals surface area contributed by atoms with E-state index in [1.807, 2.05) is 60.0 Å². The fourth-order valence-electron chi connectivity index (χ4n) is 2.19. The van der Waals surface area contributed by atoms with Crippen molar-refractivity contribution in [2.45, 2.75) is 23.1 Å². The molecule has 1 N–H and O–H groups in total. The van der Waals surface area contributed by atoms with Crippen LogP contribution in [0.4, 0.5) is 0 Å². The van der Waals surface area contributed by atoms with Crippen LogP contribution in [0.15, 0.2) is 64.3 Å². The van der Waals surface area contributed by atoms with Gasteiger partial charge in [-0.1, -0.05) is 65.8 Å². The van der Waals surface area contributed by atoms with Crippen LogP contribution in [0.2, 0.25) is 5.02 Å². The van der Waals surface area contributed by atoms with E-state index in [9.17, 15) is 4.79 Å². The van der Waals surface area contributed by atoms with Crippen molar-refractivity contribution in [1.29, 1.82) is 0 Å². The minimum Gasteiger partial charge on any atom is -0.352 e. The second-order valence-electron chi connectivity index (χ2n) is 5.46. The highest BCUT2D eigenvalue weighted by Crippen LogP contribution is 2.26. The van der Waals surface area contributed by atoms with Crippen LogP contribution >= 0.6 is 34.7 Å². The Kier molecular flexibility index (Phi) is 6.50. The van der Waals surface area contributed by atoms with Crippen molar-refractivity contribution in [3.63, 3.8) is 0 Å². The molecular weight excluding hydrogens is 372 g/mol. The van der Waals surface area contributed by atoms with Crippen molar-refractivity contribution in [3.8, 4) is 0 Å². The summed E-state index contributed by atoms with van der Waals surface area (Å²) in [7, 11) is 0. The Morgan fingerprint density at radius 3 is 2.60 bits per heavy atom. The first-order valence-corrected chi connectivity index (χ1v) is 10.1. The lowest BCUT2D eigenvalue weighted by atomic mass is 10.2. The first kappa shape index (κ1) is 18.0. The zero-order valence-corrected chi connectivity index (χ0v) is 15.8. The van der Waals surface area contributed by atoms with E-state index in [0.29, 0.717) is 13.0 Å². The number of thioether (sulfide) groups is 1. The average Bonchev–Trinajstić information content (AvgIpc) is 3.08. The number of aromatic nitrogens is 1. The number of hydrogen-bond donors (Lipinski definition) is 1. The Morgan fingerprint density at radius 2 is 1.84 bits per heavy atom. The molecule has 0 aliphatic heterocycles. The molecule has 3 rings (SSSR count). The largest absolute Gasteiger partial charge is 0.352 e. The fourth-order valence-corrected chi connectivity index (χ4v) is 4.11. The molecule has 3 nitrogen and oxygen atoms in total. The monoisotopic (exact) mass is 388 g/mol. The number of amides is 1. The summed E-state index contributed by atoms with van der Waals surface area (Å²) in [5, 5.41) is 5.62. The molecule has 0 radical (unpaired) electrons. The van der Waals surface area contributed by atoms with Gasteiger partial charge in [0.2, 0.25) is 5.91 Å². The topological polar surface area (TPSA) is 42.0 Å². The standard InChI is InChI=1S/C19H17ClN2OS2/c20-16-8-6-15(7-9-16)12-24-19-22-17(13-25-19)10-18(23)21-11-14-4-2-1-3-5-14/h1-9,13H,10-12H2,(H,21,23). The number of carbonyl (C=O) groups is 1. The minimum atomic E-state index is -0.0107. The van der Waals surface area contributed by atoms with Crippen LogP contribution in [0.3, 0.4) is 0 Å². The normalized spacial score (nSPS) is 10.6. The maximum atomic E-state index is 12.0. The summed E-state index contributed by atoms with van der Waals surface area (Å²) in [4.78, 5) is 16.6. The van der Waals surface area contributed by atoms with Gasteiger partial charge in [0.1, 0.15) is 4.34 Å². The number of hydrogen-bond acceptors (Lipinski definition) is 4. The molecular formula is C19H17ClN2OS2. The SMILES string of the molecule is O=C(Cc1csc(SCc2ccc(Cl)cc2)n1)NCc1ccccc1. The third-order valence-electron chi connectivity index (χ3n) is 3.48. The molecule has 1 heterocycles. The van der Waals surface area contributed by atoms with Gasteiger partial charge in [-0.15, -0.1) is 11.3 Å². The summed E-state index contributed by atoms with van der Waals surface area (Å²) in [6, 6.07) is 17.7. The summed E-state index contributed by atoms with van der Waals surface area (Å²) in [5.41, 5.74) is 3.11. The Hall–Kier alpha value is -1.82. The predicted molar refractivity (Wildman–Crippen MR) is 105 cm³/mol. The summed E-state index contributed by atoms with van der Waals surface area (Å²) in [6.45, 7) is 0.544. The molecule has 1 amide bonds. The predicted octanol–water partition coefficient (Wildman–Crippen LogP) is 4.95. The smallest absolute Gasteiger partial charge is 0.226 e. The van der Waals surface area contributed by atoms with Crippen LogP contribution in [0.1, 0.15) is 16.8 Å². The van der Waals surface area contributed by atoms with Crippen molar-refractivity contribution in [1.82, 2.24) is 10.3 Å². The van der Waals surface area contributed by atoms with E-state index in [1.54, 1.807) is 23.1 Å². The van der Waals surface area contributed by atoms with Crippen LogP contribution < -0.4 is 5.32 Å². The van der Waals surface area contributed by atoms with Crippen LogP contribution in [-0.2, 0) is 23.5 Å². The van der Waals surface area contributed by atoms with E-state index in [1.165, 1.54) is 5.56 Å². The van der Waals surface area contributed by atoms with E-state index in [2.05, 4.69) is 10.3 Å². The molecule has 0 aliphatic carbocycles. The van der Waals surface area contributed by atoms with Crippen LogP contribution in [0, 0.1) is 0 Å². The highest BCUT2D eigenvalue weighted by atomic mass is 35.5. The van der Waals surface area contributed by atoms with Gasteiger partial charge in [-0.3, -0.25) is 4.79 Å². The van der Waals surface area contributed by atoms with Gasteiger partial charge in [0.05, 0.1) is 12.1 Å². The van der Waals surface area contributed by atoms with Gasteiger partial charge in [-0.05, 0) is 23.3 Å². The van der Waals surface area contributed by atoms with E-state index < -0.39 is 0 Å². The molecule has 0 fully saturated rings. The Morgan fingerprint density at radius 1 is 1.08 bits per heavy atom. The molecule has 128 valence electrons. The molecule has 0 bridgehead atoms. The van der Waals surface area contributed by atoms with E-state index in [-0.39, 0.29) is 5.91 Å². The van der Waals surface area contributed by atoms with E-state index in [4.69, 9.17) is 11.6 Å². The zero-order valence-electron chi connectivity index (χ0n) is 13.4. The summed E-state index contributed by atoms with van der Waals surface area (Å²) in [6.07, 6.45) is 0.310. The van der Waals surface area contributed by atoms with Crippen molar-refractivity contribution in [2.24, 2.45) is 0 Å². The van der Waals surface area contributed by atoms with Crippen LogP contribution in [-0.4, -0.2) is 10.9 Å². The van der Waals surface area contributed by atoms with Crippen LogP contribution in [0.5, 0.6) is 0 Å². The first-order chi connectivity index (χ1) is 12.2. The molecule has 2 aromatic carbocycles. The van der Waals surface area contributed by atoms with Gasteiger partial charge in [0.15, 0.2) is 0 Å². The highest BCUT2D eigenvalue weighted by molar-refractivity contribution is 8.00. The van der Waals surface area contributed by atoms with Crippen molar-refractivity contribution >= 4 is 40.6 Å². The number of halogens is 1. The number of thiazole rings is 1. The Labute approximate surface area is 160 Å². The number of nitrogens with zero attached hydrogens (tertiary/aromatic N) is 1. The van der Waals surface area contributed by atoms with Gasteiger partial charge in [-0.25, -0.2) is 4.98 Å². The highest BCUT2D eigenvalue weighted by Gasteiger charge is 2.08. The molecule has 0 aliphatic rings. The Balaban J connectivity index is 1.46. The Bertz CT molecular complexity index is 819. The molecule has 0 unspecified atom stereocenters. The van der Waals surface area contributed by atoms with Gasteiger partial charge < -0.3 is 5.32 Å². The fraction of sp³-hybridized carbons (Fsp3) is 0.158. The second kappa shape index (κ2) is 9.04. The van der Waals surface area contributed by atoms with Gasteiger partial charge in [0, 0.05) is 22.7 Å². The van der Waals surface area contributed by atoms with E-state index in [0.717, 1.165) is 26.4 Å². The molecule has 6 heteroatoms. The van der Waals surface area contributed by atoms with Crippen molar-refractivity contribution < 1.29 is 4.79 Å². The number of rotatable bonds is 7. The third-order valence-corrected chi connectivity index (χ3v) is 5.87. The average molecular weight is 389 g/mol. The zero-order chi connectivity index (χ0) is 17.5. The van der Waals surface area contributed by atoms with Crippen LogP contribution in [0.25, 0.3) is 0 Å². The minimum absolute atomic E-state index is 0.0107. The number of nitrogens with one attached hydrogen (secondary N) is 1. The molecule has 0 atom stereocenters. The van der Waals surface area contributed by atoms with E-state index >= 15 is 0 Å². The molecule has 1 aromatic heterocycles. The molecule has 0 saturated carbocycles. The molecule has 25 heavy (non-hydrogen) atoms. The van der Waals surface area contributed by atoms with Gasteiger partial charge in [0.25, 0.3) is 0 Å². The lowest BCUT2D eigenvalue weighted by Gasteiger charge is -2.03. The van der Waals surface area contributed by atoms with Crippen molar-refractivity contribution in [3.05, 3.63) is 81.8 Å². The maximum Gasteiger partial charge on any atom is 0.226 e. The second-order valence-corrected chi connectivity index (χ2v) is 7.98. The first-order valence-electron chi connectivity index (χ1n) is 7.81. The summed E-state index contributed by atoms with van der Waals surface area (Å²) < 4.78 is 0.973. The van der Waals surface area contributed by atoms with Gasteiger partial charge >= 0.3 is 0 Å². The number of benzene rings is 2. The molecule has 0 saturated heterocycles. The quantitative estimate of drug-likeness (QED) is 0.582. The summed E-state index contributed by atoms with van der Waals surface area (Å²) in [5.74, 6) is 0.827.